The van der Waals surface area contributed by atoms with Crippen LogP contribution < -0.4 is 0 Å². The van der Waals surface area contributed by atoms with Gasteiger partial charge in [0.1, 0.15) is 11.3 Å². The highest BCUT2D eigenvalue weighted by molar-refractivity contribution is 5.93. The molecule has 1 N–H and O–H groups in total. The zero-order chi connectivity index (χ0) is 30.4. The highest BCUT2D eigenvalue weighted by Crippen LogP contribution is 2.40. The topological polar surface area (TPSA) is 71.5 Å². The SMILES string of the molecule is CC(C)(C)c1cc(C=Nc2ccccc2-c2nc3c(-c4ccccn4)cc(C(C)(C)C)cc3o2)c(O)c(C(C)(C)C)c1. The lowest BCUT2D eigenvalue weighted by Crippen LogP contribution is -2.17. The molecule has 0 atom stereocenters. The summed E-state index contributed by atoms with van der Waals surface area (Å²) < 4.78 is 6.43. The first kappa shape index (κ1) is 29.2. The van der Waals surface area contributed by atoms with Crippen LogP contribution >= 0.6 is 0 Å². The molecule has 0 amide bonds. The molecule has 0 spiro atoms. The summed E-state index contributed by atoms with van der Waals surface area (Å²) in [5.74, 6) is 0.748. The number of rotatable bonds is 4. The van der Waals surface area contributed by atoms with E-state index in [0.717, 1.165) is 39.0 Å². The number of phenols is 1. The van der Waals surface area contributed by atoms with Gasteiger partial charge in [0.05, 0.1) is 16.9 Å². The van der Waals surface area contributed by atoms with E-state index >= 15 is 0 Å². The molecule has 0 fully saturated rings. The highest BCUT2D eigenvalue weighted by atomic mass is 16.3. The Morgan fingerprint density at radius 1 is 0.738 bits per heavy atom. The van der Waals surface area contributed by atoms with E-state index in [1.165, 1.54) is 0 Å². The van der Waals surface area contributed by atoms with Crippen molar-refractivity contribution < 1.29 is 9.52 Å². The fourth-order valence-corrected chi connectivity index (χ4v) is 4.96. The predicted molar refractivity (Wildman–Crippen MR) is 174 cm³/mol. The summed E-state index contributed by atoms with van der Waals surface area (Å²) in [6, 6.07) is 22.1. The number of hydrogen-bond acceptors (Lipinski definition) is 5. The Morgan fingerprint density at radius 3 is 2.05 bits per heavy atom. The molecule has 3 aromatic carbocycles. The fourth-order valence-electron chi connectivity index (χ4n) is 4.96. The maximum Gasteiger partial charge on any atom is 0.229 e. The Morgan fingerprint density at radius 2 is 1.40 bits per heavy atom. The molecule has 0 radical (unpaired) electrons. The number of hydrogen-bond donors (Lipinski definition) is 1. The second-order valence-corrected chi connectivity index (χ2v) is 14.1. The standard InChI is InChI=1S/C37H41N3O2/c1-35(2,3)24-18-23(33(41)28(20-24)37(7,8)9)22-39-29-15-11-10-14-26(29)34-40-32-27(30-16-12-13-17-38-30)19-25(36(4,5)6)21-31(32)42-34/h10-22,41H,1-9H3. The van der Waals surface area contributed by atoms with Crippen LogP contribution in [0.3, 0.4) is 0 Å². The smallest absolute Gasteiger partial charge is 0.229 e. The molecule has 0 saturated heterocycles. The zero-order valence-electron chi connectivity index (χ0n) is 26.2. The number of aromatic hydroxyl groups is 1. The average molecular weight is 560 g/mol. The monoisotopic (exact) mass is 559 g/mol. The van der Waals surface area contributed by atoms with E-state index in [1.807, 2.05) is 48.5 Å². The first-order chi connectivity index (χ1) is 19.6. The molecule has 0 aliphatic rings. The molecule has 0 bridgehead atoms. The third kappa shape index (κ3) is 5.87. The summed E-state index contributed by atoms with van der Waals surface area (Å²) in [4.78, 5) is 14.5. The molecule has 5 nitrogen and oxygen atoms in total. The summed E-state index contributed by atoms with van der Waals surface area (Å²) in [5.41, 5.74) is 8.25. The number of pyridine rings is 1. The fraction of sp³-hybridized carbons (Fsp3) is 0.324. The van der Waals surface area contributed by atoms with Gasteiger partial charge in [0.15, 0.2) is 5.58 Å². The van der Waals surface area contributed by atoms with Crippen LogP contribution in [-0.2, 0) is 16.2 Å². The number of fused-ring (bicyclic) bond motifs is 1. The van der Waals surface area contributed by atoms with Crippen molar-refractivity contribution in [2.45, 2.75) is 78.6 Å². The van der Waals surface area contributed by atoms with E-state index in [0.29, 0.717) is 22.7 Å². The number of para-hydroxylation sites is 1. The van der Waals surface area contributed by atoms with Gasteiger partial charge in [-0.05, 0) is 69.8 Å². The van der Waals surface area contributed by atoms with Crippen molar-refractivity contribution in [3.8, 4) is 28.5 Å². The van der Waals surface area contributed by atoms with Gasteiger partial charge in [-0.2, -0.15) is 0 Å². The van der Waals surface area contributed by atoms with Crippen molar-refractivity contribution >= 4 is 23.0 Å². The second-order valence-electron chi connectivity index (χ2n) is 14.1. The van der Waals surface area contributed by atoms with Crippen molar-refractivity contribution in [1.29, 1.82) is 0 Å². The lowest BCUT2D eigenvalue weighted by atomic mass is 9.79. The molecule has 42 heavy (non-hydrogen) atoms. The average Bonchev–Trinajstić information content (AvgIpc) is 3.35. The molecule has 216 valence electrons. The van der Waals surface area contributed by atoms with E-state index in [2.05, 4.69) is 85.5 Å². The Bertz CT molecular complexity index is 1780. The zero-order valence-corrected chi connectivity index (χ0v) is 26.2. The number of aromatic nitrogens is 2. The van der Waals surface area contributed by atoms with Gasteiger partial charge >= 0.3 is 0 Å². The minimum atomic E-state index is -0.221. The Hall–Kier alpha value is -4.25. The van der Waals surface area contributed by atoms with E-state index in [9.17, 15) is 5.11 Å². The molecule has 2 aromatic heterocycles. The molecule has 0 aliphatic heterocycles. The van der Waals surface area contributed by atoms with Gasteiger partial charge in [-0.3, -0.25) is 9.98 Å². The Kier molecular flexibility index (Phi) is 7.34. The quantitative estimate of drug-likeness (QED) is 0.222. The van der Waals surface area contributed by atoms with Crippen LogP contribution in [0.15, 0.2) is 82.3 Å². The van der Waals surface area contributed by atoms with E-state index < -0.39 is 0 Å². The van der Waals surface area contributed by atoms with Crippen molar-refractivity contribution in [3.05, 3.63) is 95.2 Å². The molecule has 0 saturated carbocycles. The number of benzene rings is 3. The maximum atomic E-state index is 11.3. The predicted octanol–water partition coefficient (Wildman–Crippen LogP) is 9.91. The summed E-state index contributed by atoms with van der Waals surface area (Å²) >= 11 is 0. The second kappa shape index (κ2) is 10.5. The maximum absolute atomic E-state index is 11.3. The molecule has 0 unspecified atom stereocenters. The van der Waals surface area contributed by atoms with Crippen LogP contribution in [0.1, 0.15) is 84.6 Å². The minimum Gasteiger partial charge on any atom is -0.507 e. The molecule has 5 heteroatoms. The van der Waals surface area contributed by atoms with Crippen LogP contribution in [0.25, 0.3) is 33.8 Å². The van der Waals surface area contributed by atoms with E-state index in [1.54, 1.807) is 12.4 Å². The molecular formula is C37H41N3O2. The van der Waals surface area contributed by atoms with Gasteiger partial charge in [0.25, 0.3) is 0 Å². The summed E-state index contributed by atoms with van der Waals surface area (Å²) in [6.07, 6.45) is 3.55. The first-order valence-electron chi connectivity index (χ1n) is 14.5. The van der Waals surface area contributed by atoms with Crippen LogP contribution in [0.2, 0.25) is 0 Å². The van der Waals surface area contributed by atoms with Gasteiger partial charge in [0.2, 0.25) is 5.89 Å². The number of oxazole rings is 1. The number of phenolic OH excluding ortho intramolecular Hbond substituents is 1. The van der Waals surface area contributed by atoms with Crippen molar-refractivity contribution in [2.75, 3.05) is 0 Å². The van der Waals surface area contributed by atoms with Gasteiger partial charge < -0.3 is 9.52 Å². The van der Waals surface area contributed by atoms with Crippen molar-refractivity contribution in [3.63, 3.8) is 0 Å². The Labute approximate surface area is 249 Å². The van der Waals surface area contributed by atoms with Crippen LogP contribution in [0.4, 0.5) is 5.69 Å². The van der Waals surface area contributed by atoms with Gasteiger partial charge in [-0.25, -0.2) is 4.98 Å². The molecule has 5 rings (SSSR count). The largest absolute Gasteiger partial charge is 0.507 e. The summed E-state index contributed by atoms with van der Waals surface area (Å²) in [5, 5.41) is 11.3. The molecule has 5 aromatic rings. The summed E-state index contributed by atoms with van der Waals surface area (Å²) in [6.45, 7) is 19.4. The minimum absolute atomic E-state index is 0.0797. The van der Waals surface area contributed by atoms with E-state index in [-0.39, 0.29) is 22.0 Å². The van der Waals surface area contributed by atoms with Crippen molar-refractivity contribution in [2.24, 2.45) is 4.99 Å². The highest BCUT2D eigenvalue weighted by Gasteiger charge is 2.25. The van der Waals surface area contributed by atoms with Gasteiger partial charge in [-0.1, -0.05) is 86.6 Å². The molecule has 2 heterocycles. The normalized spacial score (nSPS) is 12.9. The van der Waals surface area contributed by atoms with Crippen molar-refractivity contribution in [1.82, 2.24) is 9.97 Å². The Balaban J connectivity index is 1.64. The van der Waals surface area contributed by atoms with Gasteiger partial charge in [-0.15, -0.1) is 0 Å². The summed E-state index contributed by atoms with van der Waals surface area (Å²) in [7, 11) is 0. The van der Waals surface area contributed by atoms with E-state index in [4.69, 9.17) is 14.4 Å². The van der Waals surface area contributed by atoms with Crippen LogP contribution in [0, 0.1) is 0 Å². The van der Waals surface area contributed by atoms with Crippen LogP contribution in [0.5, 0.6) is 5.75 Å². The third-order valence-corrected chi connectivity index (χ3v) is 7.59. The number of nitrogens with zero attached hydrogens (tertiary/aromatic N) is 3. The third-order valence-electron chi connectivity index (χ3n) is 7.59. The molecule has 0 aliphatic carbocycles. The first-order valence-corrected chi connectivity index (χ1v) is 14.5. The lowest BCUT2D eigenvalue weighted by Gasteiger charge is -2.27. The van der Waals surface area contributed by atoms with Gasteiger partial charge in [0, 0.05) is 29.1 Å². The molecular weight excluding hydrogens is 518 g/mol. The van der Waals surface area contributed by atoms with Crippen LogP contribution in [-0.4, -0.2) is 21.3 Å². The number of aliphatic imine (C=N–C) groups is 1. The lowest BCUT2D eigenvalue weighted by molar-refractivity contribution is 0.444.